The lowest BCUT2D eigenvalue weighted by Crippen LogP contribution is -2.21. The molecule has 2 aromatic rings. The standard InChI is InChI=1S/C15H18ClN3O2S/c1-20-13-6-5-10(16)8-12(13)14-17-15(19-18-14)22-9-11-4-2-3-7-21-11/h5-6,8,11H,2-4,7,9H2,1H3,(H,17,18,19)/t11-/m1/s1. The molecule has 0 radical (unpaired) electrons. The summed E-state index contributed by atoms with van der Waals surface area (Å²) < 4.78 is 11.1. The lowest BCUT2D eigenvalue weighted by atomic mass is 10.1. The quantitative estimate of drug-likeness (QED) is 0.840. The van der Waals surface area contributed by atoms with E-state index in [-0.39, 0.29) is 0 Å². The van der Waals surface area contributed by atoms with E-state index in [4.69, 9.17) is 21.1 Å². The van der Waals surface area contributed by atoms with Gasteiger partial charge >= 0.3 is 0 Å². The van der Waals surface area contributed by atoms with Crippen molar-refractivity contribution >= 4 is 23.4 Å². The van der Waals surface area contributed by atoms with Crippen molar-refractivity contribution in [3.8, 4) is 17.1 Å². The molecule has 1 aromatic carbocycles. The minimum atomic E-state index is 0.307. The fourth-order valence-electron chi connectivity index (χ4n) is 2.40. The molecular weight excluding hydrogens is 322 g/mol. The molecule has 1 fully saturated rings. The minimum Gasteiger partial charge on any atom is -0.496 e. The fourth-order valence-corrected chi connectivity index (χ4v) is 3.44. The lowest BCUT2D eigenvalue weighted by Gasteiger charge is -2.21. The summed E-state index contributed by atoms with van der Waals surface area (Å²) in [5.74, 6) is 2.25. The van der Waals surface area contributed by atoms with Gasteiger partial charge in [-0.2, -0.15) is 0 Å². The van der Waals surface area contributed by atoms with Crippen molar-refractivity contribution in [3.63, 3.8) is 0 Å². The number of thioether (sulfide) groups is 1. The number of halogens is 1. The van der Waals surface area contributed by atoms with Crippen LogP contribution in [0.1, 0.15) is 19.3 Å². The van der Waals surface area contributed by atoms with E-state index >= 15 is 0 Å². The predicted octanol–water partition coefficient (Wildman–Crippen LogP) is 3.79. The molecule has 2 heterocycles. The van der Waals surface area contributed by atoms with Crippen molar-refractivity contribution in [2.24, 2.45) is 0 Å². The van der Waals surface area contributed by atoms with Crippen LogP contribution < -0.4 is 4.74 Å². The Labute approximate surface area is 138 Å². The van der Waals surface area contributed by atoms with Crippen LogP contribution in [0.25, 0.3) is 11.4 Å². The topological polar surface area (TPSA) is 60.0 Å². The predicted molar refractivity (Wildman–Crippen MR) is 87.7 cm³/mol. The van der Waals surface area contributed by atoms with Crippen molar-refractivity contribution in [1.29, 1.82) is 0 Å². The van der Waals surface area contributed by atoms with Crippen molar-refractivity contribution in [3.05, 3.63) is 23.2 Å². The second kappa shape index (κ2) is 7.35. The fraction of sp³-hybridized carbons (Fsp3) is 0.467. The number of nitrogens with one attached hydrogen (secondary N) is 1. The molecule has 0 saturated carbocycles. The molecule has 7 heteroatoms. The van der Waals surface area contributed by atoms with Crippen LogP contribution in [0.4, 0.5) is 0 Å². The van der Waals surface area contributed by atoms with Gasteiger partial charge in [0.05, 0.1) is 18.8 Å². The van der Waals surface area contributed by atoms with E-state index in [1.807, 2.05) is 12.1 Å². The molecule has 0 aliphatic carbocycles. The largest absolute Gasteiger partial charge is 0.496 e. The minimum absolute atomic E-state index is 0.307. The van der Waals surface area contributed by atoms with Gasteiger partial charge in [-0.3, -0.25) is 5.10 Å². The highest BCUT2D eigenvalue weighted by atomic mass is 35.5. The zero-order chi connectivity index (χ0) is 15.4. The number of methoxy groups -OCH3 is 1. The Kier molecular flexibility index (Phi) is 5.23. The smallest absolute Gasteiger partial charge is 0.208 e. The van der Waals surface area contributed by atoms with E-state index in [1.54, 1.807) is 24.9 Å². The molecule has 0 spiro atoms. The van der Waals surface area contributed by atoms with E-state index in [1.165, 1.54) is 12.8 Å². The molecule has 0 unspecified atom stereocenters. The Morgan fingerprint density at radius 1 is 1.45 bits per heavy atom. The zero-order valence-corrected chi connectivity index (χ0v) is 13.9. The maximum Gasteiger partial charge on any atom is 0.208 e. The summed E-state index contributed by atoms with van der Waals surface area (Å²) in [7, 11) is 1.62. The molecule has 0 amide bonds. The van der Waals surface area contributed by atoms with Crippen LogP contribution in [0, 0.1) is 0 Å². The van der Waals surface area contributed by atoms with Gasteiger partial charge in [-0.15, -0.1) is 5.10 Å². The van der Waals surface area contributed by atoms with Gasteiger partial charge in [0.15, 0.2) is 5.82 Å². The first kappa shape index (κ1) is 15.6. The molecule has 5 nitrogen and oxygen atoms in total. The third-order valence-corrected chi connectivity index (χ3v) is 4.77. The molecule has 0 bridgehead atoms. The van der Waals surface area contributed by atoms with Crippen LogP contribution in [0.15, 0.2) is 23.4 Å². The number of hydrogen-bond donors (Lipinski definition) is 1. The number of nitrogens with zero attached hydrogens (tertiary/aromatic N) is 2. The van der Waals surface area contributed by atoms with E-state index in [9.17, 15) is 0 Å². The van der Waals surface area contributed by atoms with E-state index < -0.39 is 0 Å². The number of hydrogen-bond acceptors (Lipinski definition) is 5. The summed E-state index contributed by atoms with van der Waals surface area (Å²) in [5.41, 5.74) is 0.809. The van der Waals surface area contributed by atoms with Gasteiger partial charge in [-0.1, -0.05) is 23.4 Å². The summed E-state index contributed by atoms with van der Waals surface area (Å²) >= 11 is 7.66. The molecular formula is C15H18ClN3O2S. The molecule has 1 aliphatic heterocycles. The van der Waals surface area contributed by atoms with Crippen molar-refractivity contribution in [2.75, 3.05) is 19.5 Å². The SMILES string of the molecule is COc1ccc(Cl)cc1-c1nc(SC[C@H]2CCCCO2)n[nH]1. The Morgan fingerprint density at radius 3 is 3.14 bits per heavy atom. The molecule has 118 valence electrons. The molecule has 3 rings (SSSR count). The van der Waals surface area contributed by atoms with Gasteiger partial charge in [0.2, 0.25) is 5.16 Å². The highest BCUT2D eigenvalue weighted by Gasteiger charge is 2.16. The van der Waals surface area contributed by atoms with Gasteiger partial charge in [-0.25, -0.2) is 4.98 Å². The number of ether oxygens (including phenoxy) is 2. The summed E-state index contributed by atoms with van der Waals surface area (Å²) in [5, 5.41) is 8.56. The molecule has 22 heavy (non-hydrogen) atoms. The average Bonchev–Trinajstić information content (AvgIpc) is 3.03. The van der Waals surface area contributed by atoms with E-state index in [0.717, 1.165) is 24.3 Å². The van der Waals surface area contributed by atoms with Crippen LogP contribution in [0.3, 0.4) is 0 Å². The van der Waals surface area contributed by atoms with Crippen molar-refractivity contribution in [2.45, 2.75) is 30.5 Å². The van der Waals surface area contributed by atoms with E-state index in [2.05, 4.69) is 15.2 Å². The first-order valence-corrected chi connectivity index (χ1v) is 8.63. The normalized spacial score (nSPS) is 18.4. The van der Waals surface area contributed by atoms with Gasteiger partial charge < -0.3 is 9.47 Å². The third kappa shape index (κ3) is 3.74. The first-order valence-electron chi connectivity index (χ1n) is 7.27. The molecule has 1 aromatic heterocycles. The lowest BCUT2D eigenvalue weighted by molar-refractivity contribution is 0.0315. The summed E-state index contributed by atoms with van der Waals surface area (Å²) in [6.45, 7) is 0.865. The monoisotopic (exact) mass is 339 g/mol. The summed E-state index contributed by atoms with van der Waals surface area (Å²) in [4.78, 5) is 4.52. The number of aromatic amines is 1. The maximum atomic E-state index is 6.05. The Morgan fingerprint density at radius 2 is 2.36 bits per heavy atom. The van der Waals surface area contributed by atoms with Crippen molar-refractivity contribution < 1.29 is 9.47 Å². The average molecular weight is 340 g/mol. The van der Waals surface area contributed by atoms with Crippen molar-refractivity contribution in [1.82, 2.24) is 15.2 Å². The summed E-state index contributed by atoms with van der Waals surface area (Å²) in [6, 6.07) is 5.43. The second-order valence-corrected chi connectivity index (χ2v) is 6.53. The second-order valence-electron chi connectivity index (χ2n) is 5.11. The van der Waals surface area contributed by atoms with Crippen LogP contribution in [-0.4, -0.2) is 40.8 Å². The number of benzene rings is 1. The highest BCUT2D eigenvalue weighted by Crippen LogP contribution is 2.31. The van der Waals surface area contributed by atoms with Crippen LogP contribution in [0.5, 0.6) is 5.75 Å². The van der Waals surface area contributed by atoms with Crippen LogP contribution in [-0.2, 0) is 4.74 Å². The van der Waals surface area contributed by atoms with Gasteiger partial charge in [-0.05, 0) is 37.5 Å². The molecule has 1 N–H and O–H groups in total. The van der Waals surface area contributed by atoms with Gasteiger partial charge in [0.25, 0.3) is 0 Å². The number of H-pyrrole nitrogens is 1. The van der Waals surface area contributed by atoms with Crippen LogP contribution >= 0.6 is 23.4 Å². The van der Waals surface area contributed by atoms with Gasteiger partial charge in [0, 0.05) is 17.4 Å². The Bertz CT molecular complexity index is 629. The van der Waals surface area contributed by atoms with Gasteiger partial charge in [0.1, 0.15) is 5.75 Å². The Hall–Kier alpha value is -1.24. The number of rotatable bonds is 5. The van der Waals surface area contributed by atoms with E-state index in [0.29, 0.717) is 27.9 Å². The van der Waals surface area contributed by atoms with Crippen LogP contribution in [0.2, 0.25) is 5.02 Å². The number of aromatic nitrogens is 3. The Balaban J connectivity index is 1.69. The zero-order valence-electron chi connectivity index (χ0n) is 12.3. The molecule has 1 saturated heterocycles. The first-order chi connectivity index (χ1) is 10.8. The third-order valence-electron chi connectivity index (χ3n) is 3.55. The molecule has 1 atom stereocenters. The summed E-state index contributed by atoms with van der Waals surface area (Å²) in [6.07, 6.45) is 3.83. The maximum absolute atomic E-state index is 6.05. The highest BCUT2D eigenvalue weighted by molar-refractivity contribution is 7.99. The molecule has 1 aliphatic rings.